The Bertz CT molecular complexity index is 427. The second kappa shape index (κ2) is 5.73. The Hall–Kier alpha value is -1.04. The van der Waals surface area contributed by atoms with Crippen LogP contribution in [0.3, 0.4) is 0 Å². The highest BCUT2D eigenvalue weighted by Crippen LogP contribution is 2.40. The van der Waals surface area contributed by atoms with Crippen molar-refractivity contribution in [3.63, 3.8) is 0 Å². The number of nitrogens with zero attached hydrogens (tertiary/aromatic N) is 3. The summed E-state index contributed by atoms with van der Waals surface area (Å²) in [6.07, 6.45) is 3.44. The summed E-state index contributed by atoms with van der Waals surface area (Å²) in [6, 6.07) is 0. The summed E-state index contributed by atoms with van der Waals surface area (Å²) < 4.78 is 2.12. The predicted octanol–water partition coefficient (Wildman–Crippen LogP) is 2.38. The third-order valence-corrected chi connectivity index (χ3v) is 3.89. The van der Waals surface area contributed by atoms with E-state index in [1.165, 1.54) is 24.6 Å². The van der Waals surface area contributed by atoms with E-state index >= 15 is 0 Å². The number of rotatable bonds is 7. The molecule has 1 N–H and O–H groups in total. The molecule has 0 spiro atoms. The molecule has 5 nitrogen and oxygen atoms in total. The van der Waals surface area contributed by atoms with Gasteiger partial charge in [-0.2, -0.15) is 0 Å². The summed E-state index contributed by atoms with van der Waals surface area (Å²) in [5.74, 6) is 1.44. The van der Waals surface area contributed by atoms with Crippen LogP contribution in [0.4, 0.5) is 0 Å². The summed E-state index contributed by atoms with van der Waals surface area (Å²) in [5.41, 5.74) is 0. The molecular weight excluding hydrogens is 250 g/mol. The molecular formula is C12H19N3O2S. The zero-order valence-electron chi connectivity index (χ0n) is 10.8. The fourth-order valence-corrected chi connectivity index (χ4v) is 2.47. The van der Waals surface area contributed by atoms with Crippen LogP contribution in [-0.2, 0) is 11.3 Å². The second-order valence-corrected chi connectivity index (χ2v) is 6.07. The number of carboxylic acid groups (broad SMARTS) is 1. The zero-order chi connectivity index (χ0) is 13.1. The Morgan fingerprint density at radius 1 is 1.50 bits per heavy atom. The van der Waals surface area contributed by atoms with Crippen LogP contribution in [0.15, 0.2) is 5.16 Å². The van der Waals surface area contributed by atoms with Crippen LogP contribution in [0.5, 0.6) is 0 Å². The number of aliphatic carboxylic acids is 1. The molecule has 0 saturated heterocycles. The molecule has 0 radical (unpaired) electrons. The summed E-state index contributed by atoms with van der Waals surface area (Å²) in [5, 5.41) is 17.9. The van der Waals surface area contributed by atoms with Crippen LogP contribution < -0.4 is 0 Å². The monoisotopic (exact) mass is 269 g/mol. The smallest absolute Gasteiger partial charge is 0.313 e. The van der Waals surface area contributed by atoms with E-state index in [1.807, 2.05) is 0 Å². The number of carboxylic acids is 1. The van der Waals surface area contributed by atoms with Gasteiger partial charge in [0.15, 0.2) is 5.16 Å². The summed E-state index contributed by atoms with van der Waals surface area (Å²) in [7, 11) is 0. The third kappa shape index (κ3) is 3.48. The van der Waals surface area contributed by atoms with Crippen molar-refractivity contribution in [2.75, 3.05) is 5.75 Å². The SMILES string of the molecule is CC(C)CCn1c(SCC(=O)O)nnc1C1CC1. The second-order valence-electron chi connectivity index (χ2n) is 5.13. The van der Waals surface area contributed by atoms with Gasteiger partial charge in [0.05, 0.1) is 5.75 Å². The van der Waals surface area contributed by atoms with Gasteiger partial charge in [0.2, 0.25) is 0 Å². The van der Waals surface area contributed by atoms with Crippen LogP contribution >= 0.6 is 11.8 Å². The molecule has 0 amide bonds. The van der Waals surface area contributed by atoms with E-state index in [9.17, 15) is 4.79 Å². The van der Waals surface area contributed by atoms with Crippen molar-refractivity contribution in [1.29, 1.82) is 0 Å². The Labute approximate surface area is 111 Å². The minimum atomic E-state index is -0.814. The Balaban J connectivity index is 2.09. The molecule has 1 fully saturated rings. The van der Waals surface area contributed by atoms with Crippen LogP contribution in [0.1, 0.15) is 44.9 Å². The zero-order valence-corrected chi connectivity index (χ0v) is 11.6. The van der Waals surface area contributed by atoms with Gasteiger partial charge in [-0.15, -0.1) is 10.2 Å². The Kier molecular flexibility index (Phi) is 4.27. The van der Waals surface area contributed by atoms with Crippen molar-refractivity contribution in [2.45, 2.75) is 50.7 Å². The fourth-order valence-electron chi connectivity index (χ4n) is 1.77. The van der Waals surface area contributed by atoms with Crippen molar-refractivity contribution < 1.29 is 9.90 Å². The van der Waals surface area contributed by atoms with Gasteiger partial charge in [-0.1, -0.05) is 25.6 Å². The largest absolute Gasteiger partial charge is 0.481 e. The van der Waals surface area contributed by atoms with E-state index in [0.29, 0.717) is 11.8 Å². The minimum Gasteiger partial charge on any atom is -0.481 e. The van der Waals surface area contributed by atoms with E-state index < -0.39 is 5.97 Å². The topological polar surface area (TPSA) is 68.0 Å². The van der Waals surface area contributed by atoms with Crippen LogP contribution in [0.25, 0.3) is 0 Å². The van der Waals surface area contributed by atoms with E-state index in [-0.39, 0.29) is 5.75 Å². The maximum atomic E-state index is 10.6. The fraction of sp³-hybridized carbons (Fsp3) is 0.750. The third-order valence-electron chi connectivity index (χ3n) is 2.94. The summed E-state index contributed by atoms with van der Waals surface area (Å²) >= 11 is 1.26. The molecule has 0 aliphatic heterocycles. The van der Waals surface area contributed by atoms with Gasteiger partial charge >= 0.3 is 5.97 Å². The molecule has 0 aromatic carbocycles. The van der Waals surface area contributed by atoms with Crippen molar-refractivity contribution >= 4 is 17.7 Å². The Morgan fingerprint density at radius 2 is 2.22 bits per heavy atom. The van der Waals surface area contributed by atoms with E-state index in [0.717, 1.165) is 23.9 Å². The number of carbonyl (C=O) groups is 1. The molecule has 0 atom stereocenters. The summed E-state index contributed by atoms with van der Waals surface area (Å²) in [6.45, 7) is 5.26. The molecule has 1 saturated carbocycles. The lowest BCUT2D eigenvalue weighted by atomic mass is 10.1. The Morgan fingerprint density at radius 3 is 2.78 bits per heavy atom. The normalized spacial score (nSPS) is 15.3. The van der Waals surface area contributed by atoms with Crippen molar-refractivity contribution in [3.05, 3.63) is 5.82 Å². The molecule has 1 aromatic rings. The predicted molar refractivity (Wildman–Crippen MR) is 69.8 cm³/mol. The van der Waals surface area contributed by atoms with E-state index in [2.05, 4.69) is 28.6 Å². The van der Waals surface area contributed by atoms with Gasteiger partial charge in [0.1, 0.15) is 5.82 Å². The maximum Gasteiger partial charge on any atom is 0.313 e. The highest BCUT2D eigenvalue weighted by atomic mass is 32.2. The number of thioether (sulfide) groups is 1. The quantitative estimate of drug-likeness (QED) is 0.770. The molecule has 2 rings (SSSR count). The number of aromatic nitrogens is 3. The average molecular weight is 269 g/mol. The average Bonchev–Trinajstić information content (AvgIpc) is 3.05. The molecule has 0 unspecified atom stereocenters. The lowest BCUT2D eigenvalue weighted by Crippen LogP contribution is -2.08. The number of hydrogen-bond donors (Lipinski definition) is 1. The molecule has 0 bridgehead atoms. The molecule has 18 heavy (non-hydrogen) atoms. The molecule has 1 aliphatic rings. The first-order chi connectivity index (χ1) is 8.58. The molecule has 1 aromatic heterocycles. The van der Waals surface area contributed by atoms with E-state index in [1.54, 1.807) is 0 Å². The number of hydrogen-bond acceptors (Lipinski definition) is 4. The van der Waals surface area contributed by atoms with Gasteiger partial charge in [0, 0.05) is 12.5 Å². The molecule has 1 heterocycles. The van der Waals surface area contributed by atoms with Crippen LogP contribution in [-0.4, -0.2) is 31.6 Å². The standard InChI is InChI=1S/C12H19N3O2S/c1-8(2)5-6-15-11(9-3-4-9)13-14-12(15)18-7-10(16)17/h8-9H,3-7H2,1-2H3,(H,16,17). The van der Waals surface area contributed by atoms with Gasteiger partial charge in [-0.05, 0) is 25.2 Å². The van der Waals surface area contributed by atoms with Gasteiger partial charge in [0.25, 0.3) is 0 Å². The first-order valence-electron chi connectivity index (χ1n) is 6.35. The van der Waals surface area contributed by atoms with E-state index in [4.69, 9.17) is 5.11 Å². The van der Waals surface area contributed by atoms with Crippen LogP contribution in [0.2, 0.25) is 0 Å². The first kappa shape index (κ1) is 13.4. The van der Waals surface area contributed by atoms with Crippen molar-refractivity contribution in [3.8, 4) is 0 Å². The lowest BCUT2D eigenvalue weighted by Gasteiger charge is -2.10. The molecule has 1 aliphatic carbocycles. The van der Waals surface area contributed by atoms with Gasteiger partial charge in [-0.3, -0.25) is 4.79 Å². The maximum absolute atomic E-state index is 10.6. The minimum absolute atomic E-state index is 0.0461. The molecule has 6 heteroatoms. The first-order valence-corrected chi connectivity index (χ1v) is 7.34. The van der Waals surface area contributed by atoms with Crippen molar-refractivity contribution in [1.82, 2.24) is 14.8 Å². The van der Waals surface area contributed by atoms with Gasteiger partial charge < -0.3 is 9.67 Å². The van der Waals surface area contributed by atoms with Crippen molar-refractivity contribution in [2.24, 2.45) is 5.92 Å². The van der Waals surface area contributed by atoms with Crippen LogP contribution in [0, 0.1) is 5.92 Å². The summed E-state index contributed by atoms with van der Waals surface area (Å²) in [4.78, 5) is 10.6. The highest BCUT2D eigenvalue weighted by molar-refractivity contribution is 7.99. The highest BCUT2D eigenvalue weighted by Gasteiger charge is 2.30. The molecule has 100 valence electrons. The van der Waals surface area contributed by atoms with Gasteiger partial charge in [-0.25, -0.2) is 0 Å². The lowest BCUT2D eigenvalue weighted by molar-refractivity contribution is -0.133.